The van der Waals surface area contributed by atoms with E-state index >= 15 is 0 Å². The molecule has 0 N–H and O–H groups in total. The summed E-state index contributed by atoms with van der Waals surface area (Å²) in [5, 5.41) is 11.4. The van der Waals surface area contributed by atoms with Crippen molar-refractivity contribution in [1.82, 2.24) is 9.36 Å². The van der Waals surface area contributed by atoms with Crippen LogP contribution < -0.4 is 10.5 Å². The third-order valence-corrected chi connectivity index (χ3v) is 7.11. The van der Waals surface area contributed by atoms with Crippen molar-refractivity contribution >= 4 is 51.7 Å². The topological polar surface area (TPSA) is 104 Å². The Labute approximate surface area is 214 Å². The van der Waals surface area contributed by atoms with Crippen molar-refractivity contribution in [2.45, 2.75) is 6.92 Å². The van der Waals surface area contributed by atoms with Crippen molar-refractivity contribution in [3.05, 3.63) is 104 Å². The molecule has 1 fully saturated rings. The average molecular weight is 519 g/mol. The van der Waals surface area contributed by atoms with Crippen molar-refractivity contribution < 1.29 is 14.1 Å². The molecule has 11 heteroatoms. The van der Waals surface area contributed by atoms with Gasteiger partial charge in [-0.2, -0.15) is 0 Å². The second-order valence-corrected chi connectivity index (χ2v) is 9.58. The summed E-state index contributed by atoms with van der Waals surface area (Å²) in [6.07, 6.45) is 1.52. The highest BCUT2D eigenvalue weighted by atomic mass is 32.2. The molecule has 180 valence electrons. The molecule has 1 aliphatic rings. The van der Waals surface area contributed by atoms with Crippen molar-refractivity contribution in [2.75, 3.05) is 4.90 Å². The lowest BCUT2D eigenvalue weighted by Gasteiger charge is -2.12. The normalized spacial score (nSPS) is 14.7. The summed E-state index contributed by atoms with van der Waals surface area (Å²) in [7, 11) is 1.74. The van der Waals surface area contributed by atoms with Gasteiger partial charge in [0.15, 0.2) is 4.32 Å². The smallest absolute Gasteiger partial charge is 0.296 e. The minimum atomic E-state index is -0.479. The number of carbonyl (C=O) groups excluding carboxylic acids is 1. The van der Waals surface area contributed by atoms with Gasteiger partial charge in [-0.05, 0) is 37.3 Å². The summed E-state index contributed by atoms with van der Waals surface area (Å²) in [5.41, 5.74) is 1.31. The number of anilines is 1. The SMILES string of the molecule is Cc1c(N2C(=O)C(=Cc3ccc(-c4ccccc4[N+](=O)[O-])o3)SC2=S)c(=O)n(-c2ccccc2)n1C. The van der Waals surface area contributed by atoms with Gasteiger partial charge in [0.2, 0.25) is 0 Å². The van der Waals surface area contributed by atoms with Crippen LogP contribution in [0.1, 0.15) is 11.5 Å². The Morgan fingerprint density at radius 3 is 2.44 bits per heavy atom. The highest BCUT2D eigenvalue weighted by Crippen LogP contribution is 2.37. The van der Waals surface area contributed by atoms with Gasteiger partial charge < -0.3 is 4.42 Å². The van der Waals surface area contributed by atoms with Crippen LogP contribution >= 0.6 is 24.0 Å². The molecule has 0 atom stereocenters. The van der Waals surface area contributed by atoms with Crippen LogP contribution in [-0.4, -0.2) is 24.5 Å². The van der Waals surface area contributed by atoms with E-state index in [1.54, 1.807) is 61.1 Å². The first-order valence-electron chi connectivity index (χ1n) is 10.7. The summed E-state index contributed by atoms with van der Waals surface area (Å²) in [4.78, 5) is 39.1. The fraction of sp³-hybridized carbons (Fsp3) is 0.0800. The summed E-state index contributed by atoms with van der Waals surface area (Å²) in [6.45, 7) is 1.75. The molecule has 1 aliphatic heterocycles. The molecule has 2 aromatic carbocycles. The zero-order valence-corrected chi connectivity index (χ0v) is 20.7. The summed E-state index contributed by atoms with van der Waals surface area (Å²) in [6, 6.07) is 18.6. The molecule has 0 spiro atoms. The maximum atomic E-state index is 13.4. The Kier molecular flexibility index (Phi) is 5.94. The van der Waals surface area contributed by atoms with Gasteiger partial charge in [0.05, 0.1) is 26.8 Å². The quantitative estimate of drug-likeness (QED) is 0.157. The fourth-order valence-electron chi connectivity index (χ4n) is 4.02. The van der Waals surface area contributed by atoms with E-state index in [4.69, 9.17) is 16.6 Å². The Hall–Kier alpha value is -4.22. The molecule has 4 aromatic rings. The first-order chi connectivity index (χ1) is 17.3. The number of nitrogens with zero attached hydrogens (tertiary/aromatic N) is 4. The van der Waals surface area contributed by atoms with Gasteiger partial charge in [-0.3, -0.25) is 29.3 Å². The molecule has 1 amide bonds. The molecular weight excluding hydrogens is 500 g/mol. The number of benzene rings is 2. The molecule has 3 heterocycles. The van der Waals surface area contributed by atoms with Crippen molar-refractivity contribution in [3.63, 3.8) is 0 Å². The first kappa shape index (κ1) is 23.5. The number of hydrogen-bond acceptors (Lipinski definition) is 7. The van der Waals surface area contributed by atoms with Gasteiger partial charge in [0.1, 0.15) is 17.2 Å². The molecule has 0 unspecified atom stereocenters. The Bertz CT molecular complexity index is 1630. The number of carbonyl (C=O) groups is 1. The van der Waals surface area contributed by atoms with Crippen LogP contribution in [0, 0.1) is 17.0 Å². The molecule has 0 radical (unpaired) electrons. The van der Waals surface area contributed by atoms with Crippen LogP contribution in [0.2, 0.25) is 0 Å². The fourth-order valence-corrected chi connectivity index (χ4v) is 5.27. The lowest BCUT2D eigenvalue weighted by atomic mass is 10.1. The number of hydrogen-bond donors (Lipinski definition) is 0. The van der Waals surface area contributed by atoms with Crippen LogP contribution in [0.3, 0.4) is 0 Å². The predicted molar refractivity (Wildman–Crippen MR) is 142 cm³/mol. The summed E-state index contributed by atoms with van der Waals surface area (Å²) >= 11 is 6.53. The molecule has 5 rings (SSSR count). The van der Waals surface area contributed by atoms with Crippen molar-refractivity contribution in [3.8, 4) is 17.0 Å². The van der Waals surface area contributed by atoms with Crippen LogP contribution in [0.15, 0.2) is 80.8 Å². The maximum absolute atomic E-state index is 13.4. The van der Waals surface area contributed by atoms with Gasteiger partial charge in [0, 0.05) is 19.2 Å². The molecule has 36 heavy (non-hydrogen) atoms. The molecule has 0 bridgehead atoms. The maximum Gasteiger partial charge on any atom is 0.296 e. The van der Waals surface area contributed by atoms with E-state index in [-0.39, 0.29) is 26.2 Å². The van der Waals surface area contributed by atoms with Crippen LogP contribution in [0.25, 0.3) is 23.1 Å². The minimum absolute atomic E-state index is 0.0843. The van der Waals surface area contributed by atoms with E-state index in [1.165, 1.54) is 21.7 Å². The number of thioether (sulfide) groups is 1. The Balaban J connectivity index is 1.50. The summed E-state index contributed by atoms with van der Waals surface area (Å²) in [5.74, 6) is 0.184. The number of rotatable bonds is 5. The van der Waals surface area contributed by atoms with Crippen LogP contribution in [0.5, 0.6) is 0 Å². The number of amides is 1. The van der Waals surface area contributed by atoms with Crippen LogP contribution in [0.4, 0.5) is 11.4 Å². The second-order valence-electron chi connectivity index (χ2n) is 7.90. The van der Waals surface area contributed by atoms with Gasteiger partial charge in [-0.1, -0.05) is 54.3 Å². The Morgan fingerprint density at radius 1 is 1.03 bits per heavy atom. The summed E-state index contributed by atoms with van der Waals surface area (Å²) < 4.78 is 9.19. The van der Waals surface area contributed by atoms with E-state index in [0.29, 0.717) is 28.5 Å². The van der Waals surface area contributed by atoms with Crippen molar-refractivity contribution in [2.24, 2.45) is 7.05 Å². The van der Waals surface area contributed by atoms with Crippen molar-refractivity contribution in [1.29, 1.82) is 0 Å². The van der Waals surface area contributed by atoms with Crippen LogP contribution in [-0.2, 0) is 11.8 Å². The molecule has 2 aromatic heterocycles. The predicted octanol–water partition coefficient (Wildman–Crippen LogP) is 5.06. The molecule has 1 saturated heterocycles. The van der Waals surface area contributed by atoms with Gasteiger partial charge in [-0.15, -0.1) is 0 Å². The first-order valence-corrected chi connectivity index (χ1v) is 12.0. The third kappa shape index (κ3) is 3.88. The number of aromatic nitrogens is 2. The lowest BCUT2D eigenvalue weighted by molar-refractivity contribution is -0.384. The Morgan fingerprint density at radius 2 is 1.72 bits per heavy atom. The van der Waals surface area contributed by atoms with E-state index in [1.807, 2.05) is 18.2 Å². The van der Waals surface area contributed by atoms with Gasteiger partial charge >= 0.3 is 0 Å². The number of furan rings is 1. The molecule has 0 saturated carbocycles. The van der Waals surface area contributed by atoms with E-state index in [9.17, 15) is 19.7 Å². The lowest BCUT2D eigenvalue weighted by Crippen LogP contribution is -2.33. The zero-order valence-electron chi connectivity index (χ0n) is 19.1. The zero-order chi connectivity index (χ0) is 25.6. The van der Waals surface area contributed by atoms with E-state index in [0.717, 1.165) is 11.8 Å². The largest absolute Gasteiger partial charge is 0.456 e. The number of para-hydroxylation sites is 2. The van der Waals surface area contributed by atoms with E-state index in [2.05, 4.69) is 0 Å². The standard InChI is InChI=1S/C25H18N4O5S2/c1-15-22(24(31)28(26(15)2)16-8-4-3-5-9-16)27-23(30)21(36-25(27)35)14-17-12-13-20(34-17)18-10-6-7-11-19(18)29(32)33/h3-14H,1-2H3. The van der Waals surface area contributed by atoms with E-state index < -0.39 is 10.8 Å². The highest BCUT2D eigenvalue weighted by Gasteiger charge is 2.38. The minimum Gasteiger partial charge on any atom is -0.456 e. The number of nitro benzene ring substituents is 1. The average Bonchev–Trinajstić information content (AvgIpc) is 3.50. The second kappa shape index (κ2) is 9.10. The monoisotopic (exact) mass is 518 g/mol. The highest BCUT2D eigenvalue weighted by molar-refractivity contribution is 8.27. The van der Waals surface area contributed by atoms with Gasteiger partial charge in [-0.25, -0.2) is 4.68 Å². The van der Waals surface area contributed by atoms with Gasteiger partial charge in [0.25, 0.3) is 17.2 Å². The molecular formula is C25H18N4O5S2. The number of nitro groups is 1. The molecule has 0 aliphatic carbocycles. The number of thiocarbonyl (C=S) groups is 1. The third-order valence-electron chi connectivity index (χ3n) is 5.81. The molecule has 9 nitrogen and oxygen atoms in total.